The number of hydrogen-bond donors (Lipinski definition) is 3. The first-order valence-corrected chi connectivity index (χ1v) is 35.1. The topological polar surface area (TPSA) is 237 Å². The first-order valence-electron chi connectivity index (χ1n) is 32.1. The van der Waals surface area contributed by atoms with Gasteiger partial charge >= 0.3 is 39.5 Å². The van der Waals surface area contributed by atoms with Gasteiger partial charge in [-0.2, -0.15) is 0 Å². The summed E-state index contributed by atoms with van der Waals surface area (Å²) in [6.45, 7) is 7.10. The molecule has 17 nitrogen and oxygen atoms in total. The number of ether oxygens (including phenoxy) is 4. The second-order valence-electron chi connectivity index (χ2n) is 22.6. The molecule has 0 aromatic heterocycles. The number of esters is 4. The van der Waals surface area contributed by atoms with Crippen LogP contribution in [0.15, 0.2) is 0 Å². The molecule has 0 aliphatic rings. The van der Waals surface area contributed by atoms with Crippen molar-refractivity contribution in [1.29, 1.82) is 0 Å². The molecule has 19 heteroatoms. The summed E-state index contributed by atoms with van der Waals surface area (Å²) >= 11 is 0. The quantitative estimate of drug-likeness (QED) is 0.0222. The van der Waals surface area contributed by atoms with Crippen LogP contribution in [0, 0.1) is 5.92 Å². The van der Waals surface area contributed by atoms with Gasteiger partial charge in [0, 0.05) is 25.7 Å². The number of aliphatic hydroxyl groups excluding tert-OH is 1. The van der Waals surface area contributed by atoms with Gasteiger partial charge in [-0.05, 0) is 31.6 Å². The Labute approximate surface area is 486 Å². The fraction of sp³-hybridized carbons (Fsp3) is 0.934. The molecule has 0 radical (unpaired) electrons. The first kappa shape index (κ1) is 78.1. The molecule has 0 rings (SSSR count). The van der Waals surface area contributed by atoms with Crippen LogP contribution < -0.4 is 0 Å². The number of unbranched alkanes of at least 4 members (excludes halogenated alkanes) is 33. The maximum atomic E-state index is 12.9. The van der Waals surface area contributed by atoms with Gasteiger partial charge in [-0.3, -0.25) is 37.3 Å². The lowest BCUT2D eigenvalue weighted by molar-refractivity contribution is -0.161. The van der Waals surface area contributed by atoms with E-state index in [0.717, 1.165) is 121 Å². The fourth-order valence-corrected chi connectivity index (χ4v) is 10.6. The number of aliphatic hydroxyl groups is 1. The molecule has 2 unspecified atom stereocenters. The first-order chi connectivity index (χ1) is 38.5. The average molecular weight is 1190 g/mol. The average Bonchev–Trinajstić information content (AvgIpc) is 3.42. The predicted octanol–water partition coefficient (Wildman–Crippen LogP) is 16.6. The minimum absolute atomic E-state index is 0.103. The van der Waals surface area contributed by atoms with Gasteiger partial charge in [0.05, 0.1) is 26.4 Å². The van der Waals surface area contributed by atoms with Gasteiger partial charge < -0.3 is 33.8 Å². The van der Waals surface area contributed by atoms with Crippen molar-refractivity contribution in [2.75, 3.05) is 39.6 Å². The standard InChI is InChI=1S/C61H118O17P2/c1-6-9-12-15-18-19-26-31-35-40-45-59(64)72-51-57(78-61(66)47-42-37-32-27-24-22-20-21-23-25-30-33-38-43-54(4)5)53-76-80(69,70)74-49-55(62)48-73-79(67,68)75-52-56(77-60(65)46-41-36-29-17-14-11-8-3)50-71-58(63)44-39-34-28-16-13-10-7-2/h54-57,62H,6-53H2,1-5H3,(H,67,68)(H,69,70)/t55-,56+,57+/m0/s1. The Morgan fingerprint density at radius 2 is 0.575 bits per heavy atom. The summed E-state index contributed by atoms with van der Waals surface area (Å²) in [6, 6.07) is 0. The smallest absolute Gasteiger partial charge is 0.462 e. The number of carbonyl (C=O) groups excluding carboxylic acids is 4. The van der Waals surface area contributed by atoms with E-state index < -0.39 is 97.5 Å². The van der Waals surface area contributed by atoms with Crippen LogP contribution in [0.2, 0.25) is 0 Å². The molecule has 474 valence electrons. The summed E-state index contributed by atoms with van der Waals surface area (Å²) in [6.07, 6.45) is 37.8. The summed E-state index contributed by atoms with van der Waals surface area (Å²) < 4.78 is 67.7. The van der Waals surface area contributed by atoms with E-state index >= 15 is 0 Å². The number of phosphoric ester groups is 2. The Balaban J connectivity index is 5.16. The number of hydrogen-bond acceptors (Lipinski definition) is 15. The highest BCUT2D eigenvalue weighted by atomic mass is 31.2. The van der Waals surface area contributed by atoms with E-state index in [2.05, 4.69) is 34.6 Å². The fourth-order valence-electron chi connectivity index (χ4n) is 9.05. The highest BCUT2D eigenvalue weighted by molar-refractivity contribution is 7.47. The van der Waals surface area contributed by atoms with E-state index in [-0.39, 0.29) is 25.7 Å². The molecule has 0 heterocycles. The normalized spacial score (nSPS) is 14.3. The van der Waals surface area contributed by atoms with Crippen molar-refractivity contribution in [1.82, 2.24) is 0 Å². The van der Waals surface area contributed by atoms with Crippen LogP contribution in [0.1, 0.15) is 304 Å². The summed E-state index contributed by atoms with van der Waals surface area (Å²) in [5, 5.41) is 10.5. The van der Waals surface area contributed by atoms with E-state index in [9.17, 15) is 43.2 Å². The molecule has 0 fully saturated rings. The van der Waals surface area contributed by atoms with Crippen LogP contribution >= 0.6 is 15.6 Å². The SMILES string of the molecule is CCCCCCCCCCCCC(=O)OC[C@H](COP(=O)(O)OC[C@@H](O)COP(=O)(O)OC[C@@H](COC(=O)CCCCCCCCC)OC(=O)CCCCCCCCC)OC(=O)CCCCCCCCCCCCCCCC(C)C. The molecule has 0 saturated heterocycles. The van der Waals surface area contributed by atoms with Gasteiger partial charge in [-0.15, -0.1) is 0 Å². The molecule has 0 aliphatic carbocycles. The van der Waals surface area contributed by atoms with Crippen LogP contribution in [0.4, 0.5) is 0 Å². The Hall–Kier alpha value is -1.94. The molecular formula is C61H118O17P2. The maximum absolute atomic E-state index is 12.9. The van der Waals surface area contributed by atoms with Crippen LogP contribution in [-0.4, -0.2) is 96.7 Å². The van der Waals surface area contributed by atoms with E-state index in [1.165, 1.54) is 103 Å². The number of rotatable bonds is 61. The van der Waals surface area contributed by atoms with Gasteiger partial charge in [0.15, 0.2) is 12.2 Å². The summed E-state index contributed by atoms with van der Waals surface area (Å²) in [7, 11) is -9.87. The molecule has 0 bridgehead atoms. The van der Waals surface area contributed by atoms with Crippen molar-refractivity contribution >= 4 is 39.5 Å². The zero-order chi connectivity index (χ0) is 59.2. The highest BCUT2D eigenvalue weighted by Gasteiger charge is 2.30. The third-order valence-corrected chi connectivity index (χ3v) is 15.9. The highest BCUT2D eigenvalue weighted by Crippen LogP contribution is 2.45. The van der Waals surface area contributed by atoms with Crippen molar-refractivity contribution < 1.29 is 80.2 Å². The number of carbonyl (C=O) groups is 4. The summed E-state index contributed by atoms with van der Waals surface area (Å²) in [5.74, 6) is -1.36. The molecule has 0 aromatic rings. The Bertz CT molecular complexity index is 1570. The van der Waals surface area contributed by atoms with Crippen molar-refractivity contribution in [3.05, 3.63) is 0 Å². The van der Waals surface area contributed by atoms with Gasteiger partial charge in [0.25, 0.3) is 0 Å². The Morgan fingerprint density at radius 3 is 0.850 bits per heavy atom. The minimum Gasteiger partial charge on any atom is -0.462 e. The van der Waals surface area contributed by atoms with Gasteiger partial charge in [-0.1, -0.05) is 253 Å². The van der Waals surface area contributed by atoms with Gasteiger partial charge in [0.2, 0.25) is 0 Å². The molecule has 3 N–H and O–H groups in total. The second kappa shape index (κ2) is 55.0. The zero-order valence-corrected chi connectivity index (χ0v) is 53.0. The third-order valence-electron chi connectivity index (χ3n) is 14.0. The lowest BCUT2D eigenvalue weighted by Gasteiger charge is -2.21. The monoisotopic (exact) mass is 1180 g/mol. The maximum Gasteiger partial charge on any atom is 0.472 e. The molecule has 0 saturated carbocycles. The largest absolute Gasteiger partial charge is 0.472 e. The molecule has 0 amide bonds. The van der Waals surface area contributed by atoms with Crippen LogP contribution in [0.25, 0.3) is 0 Å². The van der Waals surface area contributed by atoms with Gasteiger partial charge in [0.1, 0.15) is 19.3 Å². The minimum atomic E-state index is -4.94. The van der Waals surface area contributed by atoms with E-state index in [0.29, 0.717) is 25.7 Å². The van der Waals surface area contributed by atoms with Crippen LogP contribution in [0.5, 0.6) is 0 Å². The lowest BCUT2D eigenvalue weighted by atomic mass is 10.0. The Morgan fingerprint density at radius 1 is 0.338 bits per heavy atom. The van der Waals surface area contributed by atoms with E-state index in [4.69, 9.17) is 37.0 Å². The van der Waals surface area contributed by atoms with E-state index in [1.807, 2.05) is 0 Å². The molecule has 80 heavy (non-hydrogen) atoms. The molecule has 0 aliphatic heterocycles. The summed E-state index contributed by atoms with van der Waals surface area (Å²) in [5.41, 5.74) is 0. The number of phosphoric acid groups is 2. The second-order valence-corrected chi connectivity index (χ2v) is 25.5. The lowest BCUT2D eigenvalue weighted by Crippen LogP contribution is -2.30. The van der Waals surface area contributed by atoms with E-state index in [1.54, 1.807) is 0 Å². The van der Waals surface area contributed by atoms with Crippen molar-refractivity contribution in [3.8, 4) is 0 Å². The Kier molecular flexibility index (Phi) is 53.6. The van der Waals surface area contributed by atoms with Crippen LogP contribution in [0.3, 0.4) is 0 Å². The molecular weight excluding hydrogens is 1070 g/mol. The zero-order valence-electron chi connectivity index (χ0n) is 51.2. The van der Waals surface area contributed by atoms with Gasteiger partial charge in [-0.25, -0.2) is 9.13 Å². The van der Waals surface area contributed by atoms with Crippen LogP contribution in [-0.2, 0) is 65.4 Å². The molecule has 0 spiro atoms. The van der Waals surface area contributed by atoms with Crippen molar-refractivity contribution in [2.45, 2.75) is 323 Å². The molecule has 5 atom stereocenters. The predicted molar refractivity (Wildman–Crippen MR) is 317 cm³/mol. The van der Waals surface area contributed by atoms with Crippen molar-refractivity contribution in [2.24, 2.45) is 5.92 Å². The summed E-state index contributed by atoms with van der Waals surface area (Å²) in [4.78, 5) is 71.8. The third kappa shape index (κ3) is 55.3. The van der Waals surface area contributed by atoms with Crippen molar-refractivity contribution in [3.63, 3.8) is 0 Å². The molecule has 0 aromatic carbocycles.